The Kier molecular flexibility index (Phi) is 9.01. The van der Waals surface area contributed by atoms with E-state index in [1.807, 2.05) is 13.8 Å². The topological polar surface area (TPSA) is 66.8 Å². The first-order valence-electron chi connectivity index (χ1n) is 9.39. The molecule has 8 heteroatoms. The number of ether oxygens (including phenoxy) is 3. The molecule has 0 aliphatic heterocycles. The summed E-state index contributed by atoms with van der Waals surface area (Å²) in [6.07, 6.45) is 1.05. The number of halogens is 2. The third-order valence-electron chi connectivity index (χ3n) is 3.95. The minimum Gasteiger partial charge on any atom is -0.490 e. The number of pyridine rings is 1. The first-order valence-corrected chi connectivity index (χ1v) is 10.1. The maximum Gasteiger partial charge on any atom is 0.335 e. The summed E-state index contributed by atoms with van der Waals surface area (Å²) in [6, 6.07) is 8.24. The van der Waals surface area contributed by atoms with E-state index in [1.165, 1.54) is 10.6 Å². The molecule has 0 bridgehead atoms. The molecular formula is C21H25Cl2NO5. The molecule has 1 atom stereocenters. The van der Waals surface area contributed by atoms with Gasteiger partial charge in [0.05, 0.1) is 24.3 Å². The van der Waals surface area contributed by atoms with E-state index in [4.69, 9.17) is 37.4 Å². The fourth-order valence-electron chi connectivity index (χ4n) is 2.67. The van der Waals surface area contributed by atoms with Crippen LogP contribution < -0.4 is 10.3 Å². The Hall–Kier alpha value is -2.02. The van der Waals surface area contributed by atoms with Gasteiger partial charge in [-0.3, -0.25) is 4.79 Å². The van der Waals surface area contributed by atoms with Crippen LogP contribution in [0.15, 0.2) is 41.3 Å². The Morgan fingerprint density at radius 1 is 1.17 bits per heavy atom. The fraction of sp³-hybridized carbons (Fsp3) is 0.429. The number of hydrogen-bond acceptors (Lipinski definition) is 5. The lowest BCUT2D eigenvalue weighted by Gasteiger charge is -2.19. The van der Waals surface area contributed by atoms with Crippen LogP contribution >= 0.6 is 23.2 Å². The van der Waals surface area contributed by atoms with Crippen molar-refractivity contribution in [2.75, 3.05) is 13.2 Å². The maximum absolute atomic E-state index is 12.4. The summed E-state index contributed by atoms with van der Waals surface area (Å²) in [5, 5.41) is 0.937. The van der Waals surface area contributed by atoms with Crippen molar-refractivity contribution in [3.05, 3.63) is 62.5 Å². The van der Waals surface area contributed by atoms with Crippen LogP contribution in [0.4, 0.5) is 0 Å². The highest BCUT2D eigenvalue weighted by Gasteiger charge is 2.22. The molecule has 0 radical (unpaired) electrons. The predicted molar refractivity (Wildman–Crippen MR) is 113 cm³/mol. The lowest BCUT2D eigenvalue weighted by molar-refractivity contribution is -0.159. The quantitative estimate of drug-likeness (QED) is 0.518. The van der Waals surface area contributed by atoms with E-state index in [0.717, 1.165) is 0 Å². The van der Waals surface area contributed by atoms with Crippen LogP contribution in [0.1, 0.15) is 26.3 Å². The summed E-state index contributed by atoms with van der Waals surface area (Å²) in [6.45, 7) is 6.32. The summed E-state index contributed by atoms with van der Waals surface area (Å²) in [5.74, 6) is 0.0717. The van der Waals surface area contributed by atoms with Gasteiger partial charge in [-0.05, 0) is 50.6 Å². The van der Waals surface area contributed by atoms with Gasteiger partial charge in [0.2, 0.25) is 0 Å². The van der Waals surface area contributed by atoms with Crippen molar-refractivity contribution in [3.63, 3.8) is 0 Å². The van der Waals surface area contributed by atoms with Gasteiger partial charge < -0.3 is 18.8 Å². The first kappa shape index (κ1) is 23.3. The van der Waals surface area contributed by atoms with Gasteiger partial charge in [0.25, 0.3) is 5.56 Å². The van der Waals surface area contributed by atoms with Crippen LogP contribution in [0.3, 0.4) is 0 Å². The molecule has 0 fully saturated rings. The van der Waals surface area contributed by atoms with Crippen molar-refractivity contribution in [1.82, 2.24) is 4.57 Å². The summed E-state index contributed by atoms with van der Waals surface area (Å²) in [4.78, 5) is 24.5. The van der Waals surface area contributed by atoms with E-state index in [2.05, 4.69) is 0 Å². The summed E-state index contributed by atoms with van der Waals surface area (Å²) < 4.78 is 17.8. The zero-order valence-corrected chi connectivity index (χ0v) is 18.2. The van der Waals surface area contributed by atoms with E-state index < -0.39 is 12.1 Å². The molecule has 0 amide bonds. The number of rotatable bonds is 10. The Bertz CT molecular complexity index is 882. The molecule has 158 valence electrons. The Balaban J connectivity index is 1.99. The van der Waals surface area contributed by atoms with Gasteiger partial charge in [0, 0.05) is 23.7 Å². The number of carbonyl (C=O) groups is 1. The number of esters is 1. The Morgan fingerprint density at radius 2 is 1.93 bits per heavy atom. The molecule has 1 unspecified atom stereocenters. The summed E-state index contributed by atoms with van der Waals surface area (Å²) >= 11 is 11.9. The van der Waals surface area contributed by atoms with Crippen LogP contribution in [0.5, 0.6) is 5.75 Å². The zero-order valence-electron chi connectivity index (χ0n) is 16.7. The minimum absolute atomic E-state index is 0.137. The van der Waals surface area contributed by atoms with Crippen LogP contribution in [0.25, 0.3) is 0 Å². The van der Waals surface area contributed by atoms with Crippen molar-refractivity contribution in [3.8, 4) is 5.75 Å². The highest BCUT2D eigenvalue weighted by Crippen LogP contribution is 2.27. The lowest BCUT2D eigenvalue weighted by Crippen LogP contribution is -2.32. The average Bonchev–Trinajstić information content (AvgIpc) is 2.64. The van der Waals surface area contributed by atoms with Crippen LogP contribution in [-0.4, -0.2) is 36.0 Å². The molecule has 2 rings (SSSR count). The second-order valence-corrected chi connectivity index (χ2v) is 7.46. The molecule has 0 saturated heterocycles. The summed E-state index contributed by atoms with van der Waals surface area (Å²) in [7, 11) is 0. The second kappa shape index (κ2) is 11.2. The lowest BCUT2D eigenvalue weighted by atomic mass is 10.1. The van der Waals surface area contributed by atoms with E-state index in [1.54, 1.807) is 37.4 Å². The number of hydrogen-bond donors (Lipinski definition) is 0. The third-order valence-corrected chi connectivity index (χ3v) is 4.48. The standard InChI is InChI=1S/C21H25Cl2NO5/c1-4-27-21(26)19(29-14(2)3)11-15-7-8-24(20(25)12-15)9-10-28-18-6-5-16(22)13-17(18)23/h5-8,12-14,19H,4,9-11H2,1-3H3. The van der Waals surface area contributed by atoms with Gasteiger partial charge in [0.1, 0.15) is 12.4 Å². The molecule has 0 saturated carbocycles. The third kappa shape index (κ3) is 7.38. The maximum atomic E-state index is 12.4. The van der Waals surface area contributed by atoms with Crippen LogP contribution in [0, 0.1) is 0 Å². The van der Waals surface area contributed by atoms with Gasteiger partial charge in [-0.1, -0.05) is 23.2 Å². The Labute approximate surface area is 180 Å². The second-order valence-electron chi connectivity index (χ2n) is 6.62. The molecular weight excluding hydrogens is 417 g/mol. The number of aromatic nitrogens is 1. The number of nitrogens with zero attached hydrogens (tertiary/aromatic N) is 1. The fourth-order valence-corrected chi connectivity index (χ4v) is 3.13. The Morgan fingerprint density at radius 3 is 2.55 bits per heavy atom. The normalized spacial score (nSPS) is 12.1. The van der Waals surface area contributed by atoms with Crippen molar-refractivity contribution in [1.29, 1.82) is 0 Å². The number of benzene rings is 1. The van der Waals surface area contributed by atoms with Gasteiger partial charge in [-0.15, -0.1) is 0 Å². The molecule has 29 heavy (non-hydrogen) atoms. The van der Waals surface area contributed by atoms with Gasteiger partial charge in [0.15, 0.2) is 6.10 Å². The first-order chi connectivity index (χ1) is 13.8. The van der Waals surface area contributed by atoms with E-state index >= 15 is 0 Å². The molecule has 0 spiro atoms. The van der Waals surface area contributed by atoms with E-state index in [0.29, 0.717) is 27.9 Å². The predicted octanol–water partition coefficient (Wildman–Crippen LogP) is 4.13. The van der Waals surface area contributed by atoms with Gasteiger partial charge in [-0.2, -0.15) is 0 Å². The van der Waals surface area contributed by atoms with E-state index in [-0.39, 0.29) is 31.3 Å². The smallest absolute Gasteiger partial charge is 0.335 e. The highest BCUT2D eigenvalue weighted by molar-refractivity contribution is 6.35. The van der Waals surface area contributed by atoms with Crippen molar-refractivity contribution in [2.45, 2.75) is 45.9 Å². The summed E-state index contributed by atoms with van der Waals surface area (Å²) in [5.41, 5.74) is 0.507. The average molecular weight is 442 g/mol. The minimum atomic E-state index is -0.749. The number of carbonyl (C=O) groups excluding carboxylic acids is 1. The zero-order chi connectivity index (χ0) is 21.4. The molecule has 0 N–H and O–H groups in total. The molecule has 1 aromatic carbocycles. The van der Waals surface area contributed by atoms with E-state index in [9.17, 15) is 9.59 Å². The van der Waals surface area contributed by atoms with Gasteiger partial charge >= 0.3 is 5.97 Å². The molecule has 6 nitrogen and oxygen atoms in total. The largest absolute Gasteiger partial charge is 0.490 e. The van der Waals surface area contributed by atoms with Gasteiger partial charge in [-0.25, -0.2) is 4.79 Å². The highest BCUT2D eigenvalue weighted by atomic mass is 35.5. The molecule has 0 aliphatic carbocycles. The molecule has 1 heterocycles. The van der Waals surface area contributed by atoms with Crippen molar-refractivity contribution >= 4 is 29.2 Å². The van der Waals surface area contributed by atoms with Crippen molar-refractivity contribution in [2.24, 2.45) is 0 Å². The SMILES string of the molecule is CCOC(=O)C(Cc1ccn(CCOc2ccc(Cl)cc2Cl)c(=O)c1)OC(C)C. The van der Waals surface area contributed by atoms with Crippen LogP contribution in [-0.2, 0) is 27.2 Å². The molecule has 2 aromatic rings. The molecule has 1 aromatic heterocycles. The van der Waals surface area contributed by atoms with Crippen molar-refractivity contribution < 1.29 is 19.0 Å². The van der Waals surface area contributed by atoms with Crippen LogP contribution in [0.2, 0.25) is 10.0 Å². The molecule has 0 aliphatic rings. The monoisotopic (exact) mass is 441 g/mol.